The summed E-state index contributed by atoms with van der Waals surface area (Å²) in [7, 11) is 0. The van der Waals surface area contributed by atoms with Crippen molar-refractivity contribution in [2.45, 2.75) is 36.5 Å². The van der Waals surface area contributed by atoms with E-state index in [2.05, 4.69) is 28.1 Å². The van der Waals surface area contributed by atoms with Gasteiger partial charge in [-0.15, -0.1) is 0 Å². The standard InChI is InChI=1S/C12H15BrO2/c13-12-10(14)6-7-11(12)15-8-9-4-2-1-3-5-9/h1-5,10-12,14H,6-8H2/t10-,11+,12+/m0/s1. The zero-order valence-corrected chi connectivity index (χ0v) is 10.1. The average Bonchev–Trinajstić information content (AvgIpc) is 2.59. The minimum atomic E-state index is -0.259. The quantitative estimate of drug-likeness (QED) is 0.856. The highest BCUT2D eigenvalue weighted by Gasteiger charge is 2.33. The van der Waals surface area contributed by atoms with Crippen molar-refractivity contribution in [3.8, 4) is 0 Å². The zero-order valence-electron chi connectivity index (χ0n) is 8.47. The van der Waals surface area contributed by atoms with Crippen LogP contribution in [0.4, 0.5) is 0 Å². The van der Waals surface area contributed by atoms with Gasteiger partial charge in [0.25, 0.3) is 0 Å². The van der Waals surface area contributed by atoms with Crippen LogP contribution >= 0.6 is 15.9 Å². The van der Waals surface area contributed by atoms with Crippen LogP contribution in [0.1, 0.15) is 18.4 Å². The number of benzene rings is 1. The number of hydrogen-bond acceptors (Lipinski definition) is 2. The zero-order chi connectivity index (χ0) is 10.7. The minimum Gasteiger partial charge on any atom is -0.392 e. The van der Waals surface area contributed by atoms with Crippen LogP contribution in [0.2, 0.25) is 0 Å². The summed E-state index contributed by atoms with van der Waals surface area (Å²) in [4.78, 5) is 0.0845. The van der Waals surface area contributed by atoms with Crippen LogP contribution < -0.4 is 0 Å². The van der Waals surface area contributed by atoms with E-state index >= 15 is 0 Å². The molecule has 1 aliphatic rings. The molecule has 0 aliphatic heterocycles. The molecule has 0 bridgehead atoms. The lowest BCUT2D eigenvalue weighted by Gasteiger charge is -2.16. The van der Waals surface area contributed by atoms with Crippen molar-refractivity contribution in [3.63, 3.8) is 0 Å². The van der Waals surface area contributed by atoms with E-state index in [9.17, 15) is 5.11 Å². The summed E-state index contributed by atoms with van der Waals surface area (Å²) in [5.41, 5.74) is 1.18. The van der Waals surface area contributed by atoms with E-state index in [-0.39, 0.29) is 17.0 Å². The second kappa shape index (κ2) is 5.10. The maximum Gasteiger partial charge on any atom is 0.0730 e. The Bertz CT molecular complexity index is 302. The van der Waals surface area contributed by atoms with Crippen LogP contribution in [0.5, 0.6) is 0 Å². The molecule has 0 amide bonds. The Kier molecular flexibility index (Phi) is 3.78. The number of aliphatic hydroxyl groups excluding tert-OH is 1. The smallest absolute Gasteiger partial charge is 0.0730 e. The normalized spacial score (nSPS) is 30.7. The number of ether oxygens (including phenoxy) is 1. The Morgan fingerprint density at radius 3 is 2.60 bits per heavy atom. The second-order valence-corrected chi connectivity index (χ2v) is 4.98. The van der Waals surface area contributed by atoms with E-state index in [1.54, 1.807) is 0 Å². The van der Waals surface area contributed by atoms with Crippen molar-refractivity contribution in [1.82, 2.24) is 0 Å². The predicted molar refractivity (Wildman–Crippen MR) is 63.0 cm³/mol. The lowest BCUT2D eigenvalue weighted by Crippen LogP contribution is -2.25. The highest BCUT2D eigenvalue weighted by atomic mass is 79.9. The van der Waals surface area contributed by atoms with Gasteiger partial charge in [-0.25, -0.2) is 0 Å². The molecule has 1 N–H and O–H groups in total. The molecule has 82 valence electrons. The fourth-order valence-corrected chi connectivity index (χ4v) is 2.54. The molecule has 2 nitrogen and oxygen atoms in total. The van der Waals surface area contributed by atoms with Gasteiger partial charge in [0.1, 0.15) is 0 Å². The number of hydrogen-bond donors (Lipinski definition) is 1. The Hall–Kier alpha value is -0.380. The highest BCUT2D eigenvalue weighted by molar-refractivity contribution is 9.09. The van der Waals surface area contributed by atoms with Crippen LogP contribution in [-0.2, 0) is 11.3 Å². The molecule has 0 heterocycles. The van der Waals surface area contributed by atoms with Crippen molar-refractivity contribution in [3.05, 3.63) is 35.9 Å². The first-order valence-corrected chi connectivity index (χ1v) is 6.16. The van der Waals surface area contributed by atoms with Crippen LogP contribution in [0.15, 0.2) is 30.3 Å². The van der Waals surface area contributed by atoms with Crippen LogP contribution in [0, 0.1) is 0 Å². The van der Waals surface area contributed by atoms with Crippen molar-refractivity contribution in [2.75, 3.05) is 0 Å². The summed E-state index contributed by atoms with van der Waals surface area (Å²) >= 11 is 3.47. The van der Waals surface area contributed by atoms with Crippen molar-refractivity contribution >= 4 is 15.9 Å². The van der Waals surface area contributed by atoms with Crippen molar-refractivity contribution in [1.29, 1.82) is 0 Å². The summed E-state index contributed by atoms with van der Waals surface area (Å²) in [6, 6.07) is 10.1. The largest absolute Gasteiger partial charge is 0.392 e. The summed E-state index contributed by atoms with van der Waals surface area (Å²) in [5, 5.41) is 9.54. The molecule has 3 atom stereocenters. The van der Waals surface area contributed by atoms with Gasteiger partial charge in [-0.1, -0.05) is 46.3 Å². The maximum absolute atomic E-state index is 9.54. The highest BCUT2D eigenvalue weighted by Crippen LogP contribution is 2.29. The van der Waals surface area contributed by atoms with Gasteiger partial charge in [0, 0.05) is 0 Å². The number of aliphatic hydroxyl groups is 1. The molecule has 1 fully saturated rings. The Balaban J connectivity index is 1.84. The monoisotopic (exact) mass is 270 g/mol. The van der Waals surface area contributed by atoms with Crippen LogP contribution in [0.25, 0.3) is 0 Å². The van der Waals surface area contributed by atoms with Crippen LogP contribution in [-0.4, -0.2) is 22.1 Å². The van der Waals surface area contributed by atoms with Gasteiger partial charge in [-0.2, -0.15) is 0 Å². The van der Waals surface area contributed by atoms with Gasteiger partial charge < -0.3 is 9.84 Å². The first-order chi connectivity index (χ1) is 7.27. The van der Waals surface area contributed by atoms with Crippen molar-refractivity contribution < 1.29 is 9.84 Å². The van der Waals surface area contributed by atoms with Gasteiger partial charge >= 0.3 is 0 Å². The number of alkyl halides is 1. The molecule has 0 radical (unpaired) electrons. The third-order valence-electron chi connectivity index (χ3n) is 2.78. The fourth-order valence-electron chi connectivity index (χ4n) is 1.85. The lowest BCUT2D eigenvalue weighted by atomic mass is 10.2. The molecular formula is C12H15BrO2. The average molecular weight is 271 g/mol. The molecule has 0 saturated heterocycles. The summed E-state index contributed by atoms with van der Waals surface area (Å²) in [6.45, 7) is 0.625. The van der Waals surface area contributed by atoms with E-state index < -0.39 is 0 Å². The molecule has 1 aromatic rings. The Morgan fingerprint density at radius 2 is 2.00 bits per heavy atom. The molecule has 0 unspecified atom stereocenters. The molecule has 15 heavy (non-hydrogen) atoms. The third-order valence-corrected chi connectivity index (χ3v) is 3.98. The van der Waals surface area contributed by atoms with Gasteiger partial charge in [-0.3, -0.25) is 0 Å². The van der Waals surface area contributed by atoms with Crippen LogP contribution in [0.3, 0.4) is 0 Å². The summed E-state index contributed by atoms with van der Waals surface area (Å²) < 4.78 is 5.76. The fraction of sp³-hybridized carbons (Fsp3) is 0.500. The van der Waals surface area contributed by atoms with Crippen molar-refractivity contribution in [2.24, 2.45) is 0 Å². The summed E-state index contributed by atoms with van der Waals surface area (Å²) in [5.74, 6) is 0. The molecule has 1 aliphatic carbocycles. The van der Waals surface area contributed by atoms with E-state index in [1.807, 2.05) is 18.2 Å². The van der Waals surface area contributed by atoms with Gasteiger partial charge in [-0.05, 0) is 18.4 Å². The first kappa shape index (κ1) is 11.1. The molecule has 0 aromatic heterocycles. The number of rotatable bonds is 3. The van der Waals surface area contributed by atoms with E-state index in [1.165, 1.54) is 5.56 Å². The van der Waals surface area contributed by atoms with E-state index in [4.69, 9.17) is 4.74 Å². The molecule has 1 aromatic carbocycles. The van der Waals surface area contributed by atoms with Gasteiger partial charge in [0.2, 0.25) is 0 Å². The SMILES string of the molecule is O[C@H]1CC[C@@H](OCc2ccccc2)[C@@H]1Br. The lowest BCUT2D eigenvalue weighted by molar-refractivity contribution is 0.0418. The molecular weight excluding hydrogens is 256 g/mol. The molecule has 3 heteroatoms. The molecule has 2 rings (SSSR count). The molecule has 0 spiro atoms. The summed E-state index contributed by atoms with van der Waals surface area (Å²) in [6.07, 6.45) is 1.64. The molecule has 1 saturated carbocycles. The van der Waals surface area contributed by atoms with E-state index in [0.29, 0.717) is 6.61 Å². The first-order valence-electron chi connectivity index (χ1n) is 5.25. The van der Waals surface area contributed by atoms with Gasteiger partial charge in [0.05, 0.1) is 23.6 Å². The van der Waals surface area contributed by atoms with Gasteiger partial charge in [0.15, 0.2) is 0 Å². The minimum absolute atomic E-state index is 0.0845. The topological polar surface area (TPSA) is 29.5 Å². The second-order valence-electron chi connectivity index (χ2n) is 3.92. The number of halogens is 1. The Morgan fingerprint density at radius 1 is 1.27 bits per heavy atom. The maximum atomic E-state index is 9.54. The Labute approximate surface area is 98.4 Å². The predicted octanol–water partition coefficient (Wildman–Crippen LogP) is 2.49. The third kappa shape index (κ3) is 2.80. The van der Waals surface area contributed by atoms with E-state index in [0.717, 1.165) is 12.8 Å².